The van der Waals surface area contributed by atoms with Crippen LogP contribution in [0.4, 0.5) is 5.95 Å². The topological polar surface area (TPSA) is 71.3 Å². The van der Waals surface area contributed by atoms with Gasteiger partial charge in [-0.15, -0.1) is 5.10 Å². The van der Waals surface area contributed by atoms with E-state index < -0.39 is 0 Å². The Morgan fingerprint density at radius 1 is 1.50 bits per heavy atom. The smallest absolute Gasteiger partial charge is 0.243 e. The van der Waals surface area contributed by atoms with Gasteiger partial charge in [-0.3, -0.25) is 4.79 Å². The molecule has 0 saturated heterocycles. The van der Waals surface area contributed by atoms with Gasteiger partial charge in [0.2, 0.25) is 11.9 Å². The molecule has 0 aliphatic heterocycles. The number of halogens is 1. The van der Waals surface area contributed by atoms with Crippen LogP contribution in [0, 0.1) is 0 Å². The van der Waals surface area contributed by atoms with E-state index in [4.69, 9.17) is 11.6 Å². The zero-order chi connectivity index (χ0) is 12.5. The van der Waals surface area contributed by atoms with Crippen LogP contribution in [0.15, 0.2) is 18.3 Å². The quantitative estimate of drug-likeness (QED) is 0.868. The molecule has 1 saturated carbocycles. The lowest BCUT2D eigenvalue weighted by atomic mass is 10.5. The van der Waals surface area contributed by atoms with Crippen molar-refractivity contribution >= 4 is 29.1 Å². The molecule has 1 fully saturated rings. The predicted molar refractivity (Wildman–Crippen MR) is 67.7 cm³/mol. The van der Waals surface area contributed by atoms with Gasteiger partial charge in [0.1, 0.15) is 0 Å². The number of pyridine rings is 1. The molecule has 1 aliphatic rings. The minimum absolute atomic E-state index is 0.0330. The summed E-state index contributed by atoms with van der Waals surface area (Å²) in [4.78, 5) is 15.7. The highest BCUT2D eigenvalue weighted by atomic mass is 35.5. The predicted octanol–water partition coefficient (Wildman–Crippen LogP) is 1.07. The highest BCUT2D eigenvalue weighted by Crippen LogP contribution is 2.18. The van der Waals surface area contributed by atoms with Crippen molar-refractivity contribution in [3.8, 4) is 0 Å². The lowest BCUT2D eigenvalue weighted by Gasteiger charge is -2.02. The van der Waals surface area contributed by atoms with Crippen molar-refractivity contribution in [2.45, 2.75) is 18.9 Å². The van der Waals surface area contributed by atoms with Gasteiger partial charge in [0.05, 0.1) is 11.6 Å². The van der Waals surface area contributed by atoms with E-state index in [-0.39, 0.29) is 12.5 Å². The summed E-state index contributed by atoms with van der Waals surface area (Å²) in [5.41, 5.74) is 0.685. The van der Waals surface area contributed by atoms with Crippen molar-refractivity contribution in [2.24, 2.45) is 0 Å². The van der Waals surface area contributed by atoms with Crippen molar-refractivity contribution in [2.75, 3.05) is 11.9 Å². The Morgan fingerprint density at radius 3 is 3.11 bits per heavy atom. The first kappa shape index (κ1) is 11.3. The van der Waals surface area contributed by atoms with E-state index in [2.05, 4.69) is 20.7 Å². The van der Waals surface area contributed by atoms with Crippen LogP contribution < -0.4 is 10.6 Å². The molecule has 2 aromatic rings. The zero-order valence-electron chi connectivity index (χ0n) is 9.56. The fraction of sp³-hybridized carbons (Fsp3) is 0.364. The first-order chi connectivity index (χ1) is 8.70. The van der Waals surface area contributed by atoms with Crippen LogP contribution in [-0.2, 0) is 4.79 Å². The highest BCUT2D eigenvalue weighted by Gasteiger charge is 2.22. The molecule has 2 N–H and O–H groups in total. The number of nitrogens with zero attached hydrogens (tertiary/aromatic N) is 3. The molecule has 0 atom stereocenters. The fourth-order valence-electron chi connectivity index (χ4n) is 1.60. The Bertz CT molecular complexity index is 592. The molecule has 6 nitrogen and oxygen atoms in total. The number of anilines is 1. The summed E-state index contributed by atoms with van der Waals surface area (Å²) in [6.45, 7) is 0.182. The average Bonchev–Trinajstić information content (AvgIpc) is 3.04. The number of carbonyl (C=O) groups excluding carboxylic acids is 1. The summed E-state index contributed by atoms with van der Waals surface area (Å²) in [5, 5.41) is 10.5. The number of hydrogen-bond acceptors (Lipinski definition) is 4. The number of aromatic nitrogens is 3. The van der Waals surface area contributed by atoms with Crippen LogP contribution in [0.5, 0.6) is 0 Å². The van der Waals surface area contributed by atoms with E-state index in [1.54, 1.807) is 22.8 Å². The molecule has 0 radical (unpaired) electrons. The largest absolute Gasteiger partial charge is 0.352 e. The van der Waals surface area contributed by atoms with Gasteiger partial charge in [-0.25, -0.2) is 4.52 Å². The summed E-state index contributed by atoms with van der Waals surface area (Å²) < 4.78 is 1.57. The monoisotopic (exact) mass is 265 g/mol. The molecule has 94 valence electrons. The van der Waals surface area contributed by atoms with Crippen LogP contribution in [0.1, 0.15) is 12.8 Å². The first-order valence-corrected chi connectivity index (χ1v) is 6.14. The van der Waals surface area contributed by atoms with Gasteiger partial charge < -0.3 is 10.6 Å². The van der Waals surface area contributed by atoms with Crippen LogP contribution in [0.2, 0.25) is 5.02 Å². The minimum atomic E-state index is -0.0330. The third-order valence-electron chi connectivity index (χ3n) is 2.64. The second-order valence-electron chi connectivity index (χ2n) is 4.28. The summed E-state index contributed by atoms with van der Waals surface area (Å²) in [5.74, 6) is 0.387. The summed E-state index contributed by atoms with van der Waals surface area (Å²) in [7, 11) is 0. The van der Waals surface area contributed by atoms with E-state index in [0.29, 0.717) is 22.7 Å². The second-order valence-corrected chi connectivity index (χ2v) is 4.72. The Balaban J connectivity index is 1.64. The van der Waals surface area contributed by atoms with Gasteiger partial charge in [-0.2, -0.15) is 4.98 Å². The fourth-order valence-corrected chi connectivity index (χ4v) is 1.75. The molecule has 0 aromatic carbocycles. The van der Waals surface area contributed by atoms with Crippen molar-refractivity contribution in [3.63, 3.8) is 0 Å². The van der Waals surface area contributed by atoms with Gasteiger partial charge in [0, 0.05) is 12.2 Å². The molecule has 1 aliphatic carbocycles. The molecular formula is C11H12ClN5O. The molecule has 3 rings (SSSR count). The number of fused-ring (bicyclic) bond motifs is 1. The van der Waals surface area contributed by atoms with Gasteiger partial charge in [-0.1, -0.05) is 11.6 Å². The molecule has 0 spiro atoms. The van der Waals surface area contributed by atoms with Crippen LogP contribution in [-0.4, -0.2) is 33.1 Å². The maximum absolute atomic E-state index is 11.5. The number of carbonyl (C=O) groups is 1. The number of rotatable bonds is 4. The normalized spacial score (nSPS) is 14.7. The van der Waals surface area contributed by atoms with Crippen molar-refractivity contribution in [1.29, 1.82) is 0 Å². The maximum Gasteiger partial charge on any atom is 0.243 e. The zero-order valence-corrected chi connectivity index (χ0v) is 10.3. The Hall–Kier alpha value is -1.82. The second kappa shape index (κ2) is 4.45. The molecule has 2 heterocycles. The van der Waals surface area contributed by atoms with Crippen LogP contribution in [0.25, 0.3) is 5.65 Å². The number of nitrogens with one attached hydrogen (secondary N) is 2. The molecular weight excluding hydrogens is 254 g/mol. The highest BCUT2D eigenvalue weighted by molar-refractivity contribution is 6.30. The lowest BCUT2D eigenvalue weighted by Crippen LogP contribution is -2.31. The number of amides is 1. The molecule has 1 amide bonds. The number of hydrogen-bond donors (Lipinski definition) is 2. The van der Waals surface area contributed by atoms with E-state index in [0.717, 1.165) is 12.8 Å². The lowest BCUT2D eigenvalue weighted by molar-refractivity contribution is -0.119. The summed E-state index contributed by atoms with van der Waals surface area (Å²) >= 11 is 5.85. The van der Waals surface area contributed by atoms with Gasteiger partial charge in [0.15, 0.2) is 5.65 Å². The van der Waals surface area contributed by atoms with Crippen molar-refractivity contribution < 1.29 is 4.79 Å². The van der Waals surface area contributed by atoms with Crippen molar-refractivity contribution in [1.82, 2.24) is 19.9 Å². The van der Waals surface area contributed by atoms with E-state index >= 15 is 0 Å². The van der Waals surface area contributed by atoms with Crippen molar-refractivity contribution in [3.05, 3.63) is 23.4 Å². The maximum atomic E-state index is 11.5. The average molecular weight is 266 g/mol. The van der Waals surface area contributed by atoms with E-state index in [1.165, 1.54) is 0 Å². The Morgan fingerprint density at radius 2 is 2.33 bits per heavy atom. The minimum Gasteiger partial charge on any atom is -0.352 e. The molecule has 2 aromatic heterocycles. The van der Waals surface area contributed by atoms with Crippen LogP contribution in [0.3, 0.4) is 0 Å². The molecule has 0 unspecified atom stereocenters. The van der Waals surface area contributed by atoms with Gasteiger partial charge in [-0.05, 0) is 25.0 Å². The Kier molecular flexibility index (Phi) is 2.79. The van der Waals surface area contributed by atoms with E-state index in [9.17, 15) is 4.79 Å². The summed E-state index contributed by atoms with van der Waals surface area (Å²) in [6.07, 6.45) is 3.83. The third-order valence-corrected chi connectivity index (χ3v) is 2.87. The van der Waals surface area contributed by atoms with Gasteiger partial charge >= 0.3 is 0 Å². The van der Waals surface area contributed by atoms with Crippen LogP contribution >= 0.6 is 11.6 Å². The molecule has 0 bridgehead atoms. The Labute approximate surface area is 108 Å². The molecule has 18 heavy (non-hydrogen) atoms. The standard InChI is InChI=1S/C11H12ClN5O/c12-7-1-4-9-15-11(16-17(9)6-7)13-5-10(18)14-8-2-3-8/h1,4,6,8H,2-3,5H2,(H,13,16)(H,14,18). The molecule has 7 heteroatoms. The van der Waals surface area contributed by atoms with Gasteiger partial charge in [0.25, 0.3) is 0 Å². The third kappa shape index (κ3) is 2.53. The first-order valence-electron chi connectivity index (χ1n) is 5.76. The summed E-state index contributed by atoms with van der Waals surface area (Å²) in [6, 6.07) is 3.88. The van der Waals surface area contributed by atoms with E-state index in [1.807, 2.05) is 0 Å². The SMILES string of the molecule is O=C(CNc1nc2ccc(Cl)cn2n1)NC1CC1.